The van der Waals surface area contributed by atoms with Crippen molar-refractivity contribution in [3.8, 4) is 5.75 Å². The van der Waals surface area contributed by atoms with Crippen LogP contribution in [0.5, 0.6) is 5.75 Å². The van der Waals surface area contributed by atoms with E-state index in [1.54, 1.807) is 0 Å². The van der Waals surface area contributed by atoms with E-state index in [9.17, 15) is 0 Å². The summed E-state index contributed by atoms with van der Waals surface area (Å²) >= 11 is 0. The normalized spacial score (nSPS) is 20.4. The minimum Gasteiger partial charge on any atom is -0.494 e. The predicted octanol–water partition coefficient (Wildman–Crippen LogP) is 3.31. The van der Waals surface area contributed by atoms with Gasteiger partial charge in [-0.05, 0) is 57.4 Å². The fourth-order valence-electron chi connectivity index (χ4n) is 2.69. The van der Waals surface area contributed by atoms with E-state index in [-0.39, 0.29) is 0 Å². The van der Waals surface area contributed by atoms with Crippen molar-refractivity contribution in [2.75, 3.05) is 20.3 Å². The van der Waals surface area contributed by atoms with Crippen LogP contribution in [0.15, 0.2) is 24.3 Å². The maximum atomic E-state index is 5.69. The molecule has 3 nitrogen and oxygen atoms in total. The van der Waals surface area contributed by atoms with Gasteiger partial charge in [0.15, 0.2) is 0 Å². The molecule has 1 aromatic rings. The van der Waals surface area contributed by atoms with Gasteiger partial charge in [0.25, 0.3) is 0 Å². The van der Waals surface area contributed by atoms with Crippen molar-refractivity contribution in [3.05, 3.63) is 29.8 Å². The molecule has 1 fully saturated rings. The number of hydrogen-bond donors (Lipinski definition) is 1. The van der Waals surface area contributed by atoms with E-state index in [4.69, 9.17) is 9.47 Å². The van der Waals surface area contributed by atoms with Crippen LogP contribution in [0.2, 0.25) is 0 Å². The van der Waals surface area contributed by atoms with Crippen LogP contribution < -0.4 is 10.1 Å². The maximum absolute atomic E-state index is 5.69. The Balaban J connectivity index is 1.93. The van der Waals surface area contributed by atoms with Gasteiger partial charge in [0.2, 0.25) is 0 Å². The average molecular weight is 263 g/mol. The molecule has 0 radical (unpaired) electrons. The molecule has 1 N–H and O–H groups in total. The highest BCUT2D eigenvalue weighted by Crippen LogP contribution is 2.26. The van der Waals surface area contributed by atoms with Crippen LogP contribution in [-0.4, -0.2) is 26.4 Å². The zero-order valence-corrected chi connectivity index (χ0v) is 12.0. The van der Waals surface area contributed by atoms with Gasteiger partial charge in [-0.15, -0.1) is 0 Å². The van der Waals surface area contributed by atoms with Gasteiger partial charge in [-0.1, -0.05) is 12.1 Å². The number of rotatable bonds is 7. The molecule has 1 aliphatic heterocycles. The van der Waals surface area contributed by atoms with Crippen molar-refractivity contribution >= 4 is 0 Å². The molecule has 2 atom stereocenters. The summed E-state index contributed by atoms with van der Waals surface area (Å²) in [6.45, 7) is 3.66. The van der Waals surface area contributed by atoms with E-state index in [0.29, 0.717) is 18.8 Å². The minimum absolute atomic E-state index is 0.379. The lowest BCUT2D eigenvalue weighted by Gasteiger charge is -2.19. The highest BCUT2D eigenvalue weighted by Gasteiger charge is 2.18. The molecule has 2 rings (SSSR count). The third-order valence-corrected chi connectivity index (χ3v) is 3.72. The summed E-state index contributed by atoms with van der Waals surface area (Å²) in [5.74, 6) is 0.956. The fraction of sp³-hybridized carbons (Fsp3) is 0.625. The van der Waals surface area contributed by atoms with Crippen LogP contribution >= 0.6 is 0 Å². The Kier molecular flexibility index (Phi) is 5.67. The quantitative estimate of drug-likeness (QED) is 0.818. The second kappa shape index (κ2) is 7.51. The summed E-state index contributed by atoms with van der Waals surface area (Å²) in [6.07, 6.45) is 5.14. The standard InChI is InChI=1S/C16H25NO2/c1-3-18-15-7-4-6-13(12-15)16(17-2)10-9-14-8-5-11-19-14/h4,6-7,12,14,16-17H,3,5,8-11H2,1-2H3. The van der Waals surface area contributed by atoms with Crippen molar-refractivity contribution in [1.29, 1.82) is 0 Å². The largest absolute Gasteiger partial charge is 0.494 e. The maximum Gasteiger partial charge on any atom is 0.119 e. The Morgan fingerprint density at radius 2 is 2.37 bits per heavy atom. The highest BCUT2D eigenvalue weighted by molar-refractivity contribution is 5.30. The summed E-state index contributed by atoms with van der Waals surface area (Å²) in [6, 6.07) is 8.76. The number of ether oxygens (including phenoxy) is 2. The van der Waals surface area contributed by atoms with Crippen LogP contribution in [0.3, 0.4) is 0 Å². The van der Waals surface area contributed by atoms with Crippen molar-refractivity contribution < 1.29 is 9.47 Å². The van der Waals surface area contributed by atoms with Gasteiger partial charge >= 0.3 is 0 Å². The van der Waals surface area contributed by atoms with E-state index in [1.165, 1.54) is 18.4 Å². The summed E-state index contributed by atoms with van der Waals surface area (Å²) < 4.78 is 11.3. The van der Waals surface area contributed by atoms with Crippen molar-refractivity contribution in [2.24, 2.45) is 0 Å². The Labute approximate surface area is 116 Å². The first kappa shape index (κ1) is 14.4. The van der Waals surface area contributed by atoms with Crippen LogP contribution in [-0.2, 0) is 4.74 Å². The molecule has 1 saturated heterocycles. The molecule has 0 amide bonds. The van der Waals surface area contributed by atoms with Crippen molar-refractivity contribution in [2.45, 2.75) is 44.8 Å². The van der Waals surface area contributed by atoms with Gasteiger partial charge in [0.05, 0.1) is 12.7 Å². The zero-order chi connectivity index (χ0) is 13.5. The van der Waals surface area contributed by atoms with Crippen LogP contribution in [0.1, 0.15) is 44.2 Å². The first-order valence-electron chi connectivity index (χ1n) is 7.35. The smallest absolute Gasteiger partial charge is 0.119 e. The molecule has 1 heterocycles. The second-order valence-corrected chi connectivity index (χ2v) is 5.06. The van der Waals surface area contributed by atoms with Gasteiger partial charge in [0.1, 0.15) is 5.75 Å². The Hall–Kier alpha value is -1.06. The summed E-state index contributed by atoms with van der Waals surface area (Å²) in [5.41, 5.74) is 1.30. The van der Waals surface area contributed by atoms with Gasteiger partial charge in [-0.2, -0.15) is 0 Å². The van der Waals surface area contributed by atoms with E-state index >= 15 is 0 Å². The van der Waals surface area contributed by atoms with Gasteiger partial charge in [-0.25, -0.2) is 0 Å². The molecule has 106 valence electrons. The van der Waals surface area contributed by atoms with Crippen LogP contribution in [0, 0.1) is 0 Å². The third kappa shape index (κ3) is 4.22. The summed E-state index contributed by atoms with van der Waals surface area (Å²) in [4.78, 5) is 0. The van der Waals surface area contributed by atoms with E-state index in [0.717, 1.165) is 25.2 Å². The molecule has 1 aromatic carbocycles. The fourth-order valence-corrected chi connectivity index (χ4v) is 2.69. The third-order valence-electron chi connectivity index (χ3n) is 3.72. The monoisotopic (exact) mass is 263 g/mol. The molecular weight excluding hydrogens is 238 g/mol. The molecule has 0 aliphatic carbocycles. The Morgan fingerprint density at radius 1 is 1.47 bits per heavy atom. The van der Waals surface area contributed by atoms with Crippen LogP contribution in [0.4, 0.5) is 0 Å². The molecule has 2 unspecified atom stereocenters. The van der Waals surface area contributed by atoms with Gasteiger partial charge < -0.3 is 14.8 Å². The first-order chi connectivity index (χ1) is 9.33. The molecule has 0 spiro atoms. The molecule has 3 heteroatoms. The van der Waals surface area contributed by atoms with Gasteiger partial charge in [-0.3, -0.25) is 0 Å². The minimum atomic E-state index is 0.379. The molecule has 0 bridgehead atoms. The van der Waals surface area contributed by atoms with Crippen molar-refractivity contribution in [1.82, 2.24) is 5.32 Å². The van der Waals surface area contributed by atoms with E-state index in [2.05, 4.69) is 23.5 Å². The SMILES string of the molecule is CCOc1cccc(C(CCC2CCCO2)NC)c1. The molecule has 0 saturated carbocycles. The van der Waals surface area contributed by atoms with E-state index in [1.807, 2.05) is 20.0 Å². The number of nitrogens with one attached hydrogen (secondary N) is 1. The lowest BCUT2D eigenvalue weighted by molar-refractivity contribution is 0.0998. The van der Waals surface area contributed by atoms with E-state index < -0.39 is 0 Å². The number of hydrogen-bond acceptors (Lipinski definition) is 3. The first-order valence-corrected chi connectivity index (χ1v) is 7.35. The molecular formula is C16H25NO2. The summed E-state index contributed by atoms with van der Waals surface area (Å²) in [5, 5.41) is 3.40. The van der Waals surface area contributed by atoms with Gasteiger partial charge in [0, 0.05) is 12.6 Å². The lowest BCUT2D eigenvalue weighted by atomic mass is 9.99. The average Bonchev–Trinajstić information content (AvgIpc) is 2.94. The Morgan fingerprint density at radius 3 is 3.05 bits per heavy atom. The molecule has 0 aromatic heterocycles. The van der Waals surface area contributed by atoms with Crippen LogP contribution in [0.25, 0.3) is 0 Å². The van der Waals surface area contributed by atoms with Crippen molar-refractivity contribution in [3.63, 3.8) is 0 Å². The second-order valence-electron chi connectivity index (χ2n) is 5.06. The topological polar surface area (TPSA) is 30.5 Å². The highest BCUT2D eigenvalue weighted by atomic mass is 16.5. The predicted molar refractivity (Wildman–Crippen MR) is 77.6 cm³/mol. The Bertz CT molecular complexity index is 375. The summed E-state index contributed by atoms with van der Waals surface area (Å²) in [7, 11) is 2.02. The lowest BCUT2D eigenvalue weighted by Crippen LogP contribution is -2.18. The zero-order valence-electron chi connectivity index (χ0n) is 12.0. The number of benzene rings is 1. The molecule has 19 heavy (non-hydrogen) atoms. The molecule has 1 aliphatic rings.